The Kier molecular flexibility index (Phi) is 2.80. The zero-order chi connectivity index (χ0) is 13.2. The van der Waals surface area contributed by atoms with Crippen LogP contribution in [-0.4, -0.2) is 11.3 Å². The molecular formula is C16H10FNO. The molecule has 0 amide bonds. The number of aldehydes is 1. The normalized spacial score (nSPS) is 10.6. The molecule has 0 N–H and O–H groups in total. The Bertz CT molecular complexity index is 768. The predicted molar refractivity (Wildman–Crippen MR) is 72.5 cm³/mol. The molecule has 0 saturated carbocycles. The third-order valence-corrected chi connectivity index (χ3v) is 3.05. The minimum atomic E-state index is -0.403. The Morgan fingerprint density at radius 2 is 1.95 bits per heavy atom. The van der Waals surface area contributed by atoms with Gasteiger partial charge in [0.05, 0.1) is 5.52 Å². The van der Waals surface area contributed by atoms with Gasteiger partial charge >= 0.3 is 0 Å². The van der Waals surface area contributed by atoms with Crippen molar-refractivity contribution in [3.63, 3.8) is 0 Å². The highest BCUT2D eigenvalue weighted by Gasteiger charge is 2.07. The average molecular weight is 251 g/mol. The molecule has 0 aliphatic rings. The van der Waals surface area contributed by atoms with Crippen LogP contribution in [0.4, 0.5) is 4.39 Å². The fourth-order valence-corrected chi connectivity index (χ4v) is 2.07. The van der Waals surface area contributed by atoms with Gasteiger partial charge in [0, 0.05) is 22.7 Å². The van der Waals surface area contributed by atoms with Crippen LogP contribution >= 0.6 is 0 Å². The summed E-state index contributed by atoms with van der Waals surface area (Å²) in [6, 6.07) is 13.9. The first kappa shape index (κ1) is 11.5. The van der Waals surface area contributed by atoms with E-state index in [1.807, 2.05) is 30.3 Å². The van der Waals surface area contributed by atoms with Crippen LogP contribution in [0.5, 0.6) is 0 Å². The van der Waals surface area contributed by atoms with Crippen molar-refractivity contribution in [2.24, 2.45) is 0 Å². The second-order valence-electron chi connectivity index (χ2n) is 4.27. The maximum Gasteiger partial charge on any atom is 0.150 e. The van der Waals surface area contributed by atoms with Gasteiger partial charge in [-0.25, -0.2) is 4.39 Å². The first-order chi connectivity index (χ1) is 9.28. The summed E-state index contributed by atoms with van der Waals surface area (Å²) in [5, 5.41) is 1.01. The van der Waals surface area contributed by atoms with E-state index in [0.29, 0.717) is 17.4 Å². The van der Waals surface area contributed by atoms with Gasteiger partial charge in [-0.15, -0.1) is 0 Å². The molecule has 0 aliphatic carbocycles. The predicted octanol–water partition coefficient (Wildman–Crippen LogP) is 3.85. The van der Waals surface area contributed by atoms with Gasteiger partial charge in [-0.3, -0.25) is 9.78 Å². The van der Waals surface area contributed by atoms with Crippen LogP contribution in [0.25, 0.3) is 22.0 Å². The maximum absolute atomic E-state index is 13.9. The Morgan fingerprint density at radius 3 is 2.74 bits per heavy atom. The van der Waals surface area contributed by atoms with Crippen molar-refractivity contribution in [1.29, 1.82) is 0 Å². The van der Waals surface area contributed by atoms with E-state index in [0.717, 1.165) is 16.5 Å². The van der Waals surface area contributed by atoms with Gasteiger partial charge < -0.3 is 0 Å². The second-order valence-corrected chi connectivity index (χ2v) is 4.27. The molecule has 0 bridgehead atoms. The summed E-state index contributed by atoms with van der Waals surface area (Å²) in [5.74, 6) is -0.403. The lowest BCUT2D eigenvalue weighted by molar-refractivity contribution is 0.112. The molecule has 0 atom stereocenters. The van der Waals surface area contributed by atoms with E-state index >= 15 is 0 Å². The van der Waals surface area contributed by atoms with Gasteiger partial charge in [0.15, 0.2) is 0 Å². The summed E-state index contributed by atoms with van der Waals surface area (Å²) < 4.78 is 13.9. The number of aromatic nitrogens is 1. The summed E-state index contributed by atoms with van der Waals surface area (Å²) in [6.07, 6.45) is 2.34. The summed E-state index contributed by atoms with van der Waals surface area (Å²) in [6.45, 7) is 0. The highest BCUT2D eigenvalue weighted by molar-refractivity contribution is 5.85. The van der Waals surface area contributed by atoms with Crippen LogP contribution in [0.1, 0.15) is 10.4 Å². The maximum atomic E-state index is 13.9. The monoisotopic (exact) mass is 251 g/mol. The van der Waals surface area contributed by atoms with Crippen LogP contribution in [0.15, 0.2) is 54.7 Å². The highest BCUT2D eigenvalue weighted by atomic mass is 19.1. The first-order valence-electron chi connectivity index (χ1n) is 5.88. The topological polar surface area (TPSA) is 30.0 Å². The fourth-order valence-electron chi connectivity index (χ4n) is 2.07. The van der Waals surface area contributed by atoms with Crippen LogP contribution in [-0.2, 0) is 0 Å². The summed E-state index contributed by atoms with van der Waals surface area (Å²) in [7, 11) is 0. The molecule has 1 heterocycles. The summed E-state index contributed by atoms with van der Waals surface area (Å²) >= 11 is 0. The number of halogens is 1. The van der Waals surface area contributed by atoms with E-state index in [1.165, 1.54) is 6.07 Å². The molecule has 1 aromatic heterocycles. The molecule has 3 aromatic rings. The van der Waals surface area contributed by atoms with E-state index in [9.17, 15) is 9.18 Å². The van der Waals surface area contributed by atoms with Crippen LogP contribution in [0, 0.1) is 5.82 Å². The number of carbonyl (C=O) groups excluding carboxylic acids is 1. The molecule has 19 heavy (non-hydrogen) atoms. The standard InChI is InChI=1S/C16H10FNO/c17-15-8-11(10-19)3-6-14(15)13-5-4-12-2-1-7-18-16(12)9-13/h1-10H. The van der Waals surface area contributed by atoms with Gasteiger partial charge in [-0.2, -0.15) is 0 Å². The van der Waals surface area contributed by atoms with Gasteiger partial charge in [0.25, 0.3) is 0 Å². The molecule has 0 aliphatic heterocycles. The van der Waals surface area contributed by atoms with Crippen molar-refractivity contribution >= 4 is 17.2 Å². The zero-order valence-corrected chi connectivity index (χ0v) is 10.0. The fraction of sp³-hybridized carbons (Fsp3) is 0. The molecule has 3 heteroatoms. The quantitative estimate of drug-likeness (QED) is 0.647. The highest BCUT2D eigenvalue weighted by Crippen LogP contribution is 2.26. The molecule has 92 valence electrons. The molecule has 3 rings (SSSR count). The lowest BCUT2D eigenvalue weighted by Gasteiger charge is -2.05. The average Bonchev–Trinajstić information content (AvgIpc) is 2.46. The van der Waals surface area contributed by atoms with Gasteiger partial charge in [-0.05, 0) is 23.8 Å². The molecule has 2 nitrogen and oxygen atoms in total. The number of carbonyl (C=O) groups is 1. The third kappa shape index (κ3) is 2.10. The van der Waals surface area contributed by atoms with Crippen molar-refractivity contribution in [1.82, 2.24) is 4.98 Å². The zero-order valence-electron chi connectivity index (χ0n) is 10.0. The molecule has 0 saturated heterocycles. The first-order valence-corrected chi connectivity index (χ1v) is 5.88. The molecule has 0 spiro atoms. The van der Waals surface area contributed by atoms with E-state index in [4.69, 9.17) is 0 Å². The molecular weight excluding hydrogens is 241 g/mol. The van der Waals surface area contributed by atoms with Crippen molar-refractivity contribution in [3.05, 3.63) is 66.1 Å². The van der Waals surface area contributed by atoms with E-state index in [-0.39, 0.29) is 0 Å². The minimum absolute atomic E-state index is 0.333. The van der Waals surface area contributed by atoms with Crippen LogP contribution in [0.3, 0.4) is 0 Å². The number of hydrogen-bond donors (Lipinski definition) is 0. The molecule has 0 fully saturated rings. The van der Waals surface area contributed by atoms with Crippen molar-refractivity contribution in [2.45, 2.75) is 0 Å². The number of rotatable bonds is 2. The molecule has 0 radical (unpaired) electrons. The Morgan fingerprint density at radius 1 is 1.05 bits per heavy atom. The third-order valence-electron chi connectivity index (χ3n) is 3.05. The number of benzene rings is 2. The van der Waals surface area contributed by atoms with E-state index in [1.54, 1.807) is 18.3 Å². The molecule has 2 aromatic carbocycles. The molecule has 0 unspecified atom stereocenters. The van der Waals surface area contributed by atoms with Gasteiger partial charge in [-0.1, -0.05) is 30.3 Å². The van der Waals surface area contributed by atoms with Crippen LogP contribution in [0.2, 0.25) is 0 Å². The largest absolute Gasteiger partial charge is 0.298 e. The Labute approximate surface area is 109 Å². The SMILES string of the molecule is O=Cc1ccc(-c2ccc3cccnc3c2)c(F)c1. The number of pyridine rings is 1. The van der Waals surface area contributed by atoms with Gasteiger partial charge in [0.1, 0.15) is 12.1 Å². The number of hydrogen-bond acceptors (Lipinski definition) is 2. The van der Waals surface area contributed by atoms with Crippen molar-refractivity contribution in [2.75, 3.05) is 0 Å². The smallest absolute Gasteiger partial charge is 0.150 e. The minimum Gasteiger partial charge on any atom is -0.298 e. The summed E-state index contributed by atoms with van der Waals surface area (Å²) in [5.41, 5.74) is 2.37. The number of fused-ring (bicyclic) bond motifs is 1. The second kappa shape index (κ2) is 4.61. The van der Waals surface area contributed by atoms with E-state index in [2.05, 4.69) is 4.98 Å². The van der Waals surface area contributed by atoms with E-state index < -0.39 is 5.82 Å². The Balaban J connectivity index is 2.16. The Hall–Kier alpha value is -2.55. The number of nitrogens with zero attached hydrogens (tertiary/aromatic N) is 1. The van der Waals surface area contributed by atoms with Gasteiger partial charge in [0.2, 0.25) is 0 Å². The van der Waals surface area contributed by atoms with Crippen molar-refractivity contribution in [3.8, 4) is 11.1 Å². The lowest BCUT2D eigenvalue weighted by atomic mass is 10.0. The van der Waals surface area contributed by atoms with Crippen molar-refractivity contribution < 1.29 is 9.18 Å². The summed E-state index contributed by atoms with van der Waals surface area (Å²) in [4.78, 5) is 14.9. The van der Waals surface area contributed by atoms with Crippen LogP contribution < -0.4 is 0 Å². The lowest BCUT2D eigenvalue weighted by Crippen LogP contribution is -1.88.